The summed E-state index contributed by atoms with van der Waals surface area (Å²) in [4.78, 5) is 0. The van der Waals surface area contributed by atoms with Crippen molar-refractivity contribution in [1.82, 2.24) is 19.8 Å². The number of rotatable bonds is 2. The highest BCUT2D eigenvalue weighted by Gasteiger charge is 2.12. The Morgan fingerprint density at radius 2 is 2.00 bits per heavy atom. The molecule has 6 heteroatoms. The zero-order valence-corrected chi connectivity index (χ0v) is 9.83. The summed E-state index contributed by atoms with van der Waals surface area (Å²) >= 11 is 0. The Bertz CT molecular complexity index is 680. The lowest BCUT2D eigenvalue weighted by Crippen LogP contribution is -1.95. The van der Waals surface area contributed by atoms with Crippen molar-refractivity contribution in [2.75, 3.05) is 5.73 Å². The number of nitrogen functional groups attached to an aromatic ring is 1. The molecule has 2 heterocycles. The summed E-state index contributed by atoms with van der Waals surface area (Å²) in [6.07, 6.45) is -0.564. The molecular weight excluding hydrogens is 230 g/mol. The van der Waals surface area contributed by atoms with Crippen LogP contribution in [0.2, 0.25) is 0 Å². The Hall–Kier alpha value is -2.34. The van der Waals surface area contributed by atoms with Gasteiger partial charge in [0, 0.05) is 17.3 Å². The third-order valence-corrected chi connectivity index (χ3v) is 2.83. The number of aromatic amines is 1. The number of fused-ring (bicyclic) bond motifs is 1. The molecule has 2 aromatic heterocycles. The molecule has 0 saturated carbocycles. The van der Waals surface area contributed by atoms with Crippen molar-refractivity contribution in [1.29, 1.82) is 0 Å². The molecule has 0 saturated heterocycles. The lowest BCUT2D eigenvalue weighted by atomic mass is 10.2. The molecule has 1 unspecified atom stereocenters. The van der Waals surface area contributed by atoms with Gasteiger partial charge in [-0.1, -0.05) is 0 Å². The molecule has 4 N–H and O–H groups in total. The molecule has 3 aromatic rings. The van der Waals surface area contributed by atoms with Crippen LogP contribution in [0.1, 0.15) is 18.7 Å². The smallest absolute Gasteiger partial charge is 0.183 e. The average Bonchev–Trinajstić information content (AvgIpc) is 2.89. The number of nitrogens with zero attached hydrogens (tertiary/aromatic N) is 3. The maximum Gasteiger partial charge on any atom is 0.183 e. The number of H-pyrrole nitrogens is 1. The Labute approximate surface area is 103 Å². The average molecular weight is 243 g/mol. The highest BCUT2D eigenvalue weighted by molar-refractivity contribution is 5.61. The van der Waals surface area contributed by atoms with Gasteiger partial charge in [-0.3, -0.25) is 5.10 Å². The number of hydrogen-bond acceptors (Lipinski definition) is 4. The van der Waals surface area contributed by atoms with E-state index in [1.54, 1.807) is 17.5 Å². The topological polar surface area (TPSA) is 92.2 Å². The zero-order chi connectivity index (χ0) is 12.7. The molecule has 1 atom stereocenters. The van der Waals surface area contributed by atoms with Gasteiger partial charge in [0.25, 0.3) is 0 Å². The monoisotopic (exact) mass is 243 g/mol. The minimum atomic E-state index is -0.564. The quantitative estimate of drug-likeness (QED) is 0.592. The van der Waals surface area contributed by atoms with Crippen LogP contribution in [0.5, 0.6) is 0 Å². The van der Waals surface area contributed by atoms with Crippen molar-refractivity contribution in [3.05, 3.63) is 36.0 Å². The number of benzene rings is 1. The first kappa shape index (κ1) is 10.8. The molecule has 0 aliphatic rings. The van der Waals surface area contributed by atoms with E-state index in [1.165, 1.54) is 0 Å². The number of anilines is 1. The van der Waals surface area contributed by atoms with E-state index < -0.39 is 6.10 Å². The Balaban J connectivity index is 2.14. The van der Waals surface area contributed by atoms with Gasteiger partial charge in [0.15, 0.2) is 11.5 Å². The molecule has 18 heavy (non-hydrogen) atoms. The number of hydrogen-bond donors (Lipinski definition) is 3. The molecule has 1 aromatic carbocycles. The Morgan fingerprint density at radius 3 is 2.67 bits per heavy atom. The van der Waals surface area contributed by atoms with Gasteiger partial charge >= 0.3 is 0 Å². The van der Waals surface area contributed by atoms with Crippen LogP contribution >= 0.6 is 0 Å². The van der Waals surface area contributed by atoms with Gasteiger partial charge in [-0.2, -0.15) is 0 Å². The van der Waals surface area contributed by atoms with E-state index in [2.05, 4.69) is 15.3 Å². The van der Waals surface area contributed by atoms with Gasteiger partial charge in [0.1, 0.15) is 0 Å². The lowest BCUT2D eigenvalue weighted by Gasteiger charge is -2.00. The van der Waals surface area contributed by atoms with Gasteiger partial charge in [-0.05, 0) is 31.2 Å². The number of nitrogens with one attached hydrogen (secondary N) is 1. The Kier molecular flexibility index (Phi) is 2.31. The third-order valence-electron chi connectivity index (χ3n) is 2.83. The van der Waals surface area contributed by atoms with Crippen LogP contribution < -0.4 is 5.73 Å². The summed E-state index contributed by atoms with van der Waals surface area (Å²) in [5.41, 5.74) is 8.65. The van der Waals surface area contributed by atoms with Crippen molar-refractivity contribution in [3.8, 4) is 11.4 Å². The highest BCUT2D eigenvalue weighted by Crippen LogP contribution is 2.21. The molecule has 92 valence electrons. The van der Waals surface area contributed by atoms with E-state index in [0.717, 1.165) is 5.56 Å². The van der Waals surface area contributed by atoms with Crippen LogP contribution in [-0.2, 0) is 0 Å². The van der Waals surface area contributed by atoms with Gasteiger partial charge in [-0.25, -0.2) is 4.52 Å². The molecule has 0 aliphatic heterocycles. The van der Waals surface area contributed by atoms with Gasteiger partial charge in [-0.15, -0.1) is 10.2 Å². The predicted octanol–water partition coefficient (Wildman–Crippen LogP) is 1.36. The second-order valence-electron chi connectivity index (χ2n) is 4.23. The largest absolute Gasteiger partial charge is 0.399 e. The summed E-state index contributed by atoms with van der Waals surface area (Å²) in [5, 5.41) is 20.8. The maximum atomic E-state index is 9.53. The SMILES string of the molecule is CC(O)c1cc2nnc(-c3ccc(N)cc3)n2[nH]1. The molecule has 0 spiro atoms. The maximum absolute atomic E-state index is 9.53. The van der Waals surface area contributed by atoms with E-state index in [1.807, 2.05) is 24.3 Å². The molecule has 0 radical (unpaired) electrons. The fourth-order valence-corrected chi connectivity index (χ4v) is 1.83. The van der Waals surface area contributed by atoms with E-state index in [4.69, 9.17) is 5.73 Å². The molecular formula is C12H13N5O. The first-order chi connectivity index (χ1) is 8.65. The summed E-state index contributed by atoms with van der Waals surface area (Å²) < 4.78 is 1.74. The van der Waals surface area contributed by atoms with Crippen LogP contribution in [0.4, 0.5) is 5.69 Å². The third kappa shape index (κ3) is 1.63. The molecule has 0 amide bonds. The second kappa shape index (κ2) is 3.85. The van der Waals surface area contributed by atoms with Crippen molar-refractivity contribution < 1.29 is 5.11 Å². The summed E-state index contributed by atoms with van der Waals surface area (Å²) in [7, 11) is 0. The predicted molar refractivity (Wildman–Crippen MR) is 67.8 cm³/mol. The van der Waals surface area contributed by atoms with Crippen LogP contribution in [-0.4, -0.2) is 24.9 Å². The minimum absolute atomic E-state index is 0.564. The Morgan fingerprint density at radius 1 is 1.28 bits per heavy atom. The standard InChI is InChI=1S/C12H13N5O/c1-7(18)10-6-11-14-15-12(17(11)16-10)8-2-4-9(13)5-3-8/h2-7,16,18H,13H2,1H3. The first-order valence-electron chi connectivity index (χ1n) is 5.63. The van der Waals surface area contributed by atoms with Crippen LogP contribution in [0.25, 0.3) is 17.0 Å². The van der Waals surface area contributed by atoms with E-state index >= 15 is 0 Å². The van der Waals surface area contributed by atoms with Gasteiger partial charge < -0.3 is 10.8 Å². The first-order valence-corrected chi connectivity index (χ1v) is 5.63. The number of aromatic nitrogens is 4. The molecule has 0 aliphatic carbocycles. The van der Waals surface area contributed by atoms with Crippen molar-refractivity contribution in [2.45, 2.75) is 13.0 Å². The molecule has 6 nitrogen and oxygen atoms in total. The lowest BCUT2D eigenvalue weighted by molar-refractivity contribution is 0.194. The second-order valence-corrected chi connectivity index (χ2v) is 4.23. The van der Waals surface area contributed by atoms with E-state index in [0.29, 0.717) is 22.9 Å². The molecule has 3 rings (SSSR count). The highest BCUT2D eigenvalue weighted by atomic mass is 16.3. The zero-order valence-electron chi connectivity index (χ0n) is 9.83. The minimum Gasteiger partial charge on any atom is -0.399 e. The number of aliphatic hydroxyl groups is 1. The van der Waals surface area contributed by atoms with E-state index in [9.17, 15) is 5.11 Å². The summed E-state index contributed by atoms with van der Waals surface area (Å²) in [5.74, 6) is 0.692. The normalized spacial score (nSPS) is 13.0. The van der Waals surface area contributed by atoms with Crippen molar-refractivity contribution in [3.63, 3.8) is 0 Å². The fourth-order valence-electron chi connectivity index (χ4n) is 1.83. The number of nitrogens with two attached hydrogens (primary N) is 1. The van der Waals surface area contributed by atoms with Gasteiger partial charge in [0.2, 0.25) is 0 Å². The van der Waals surface area contributed by atoms with Crippen LogP contribution in [0.15, 0.2) is 30.3 Å². The van der Waals surface area contributed by atoms with Crippen LogP contribution in [0.3, 0.4) is 0 Å². The summed E-state index contributed by atoms with van der Waals surface area (Å²) in [6.45, 7) is 1.70. The summed E-state index contributed by atoms with van der Waals surface area (Å²) in [6, 6.07) is 9.17. The fraction of sp³-hybridized carbons (Fsp3) is 0.167. The van der Waals surface area contributed by atoms with Crippen LogP contribution in [0, 0.1) is 0 Å². The van der Waals surface area contributed by atoms with Crippen molar-refractivity contribution in [2.24, 2.45) is 0 Å². The number of aliphatic hydroxyl groups excluding tert-OH is 1. The van der Waals surface area contributed by atoms with Gasteiger partial charge in [0.05, 0.1) is 11.8 Å². The van der Waals surface area contributed by atoms with E-state index in [-0.39, 0.29) is 0 Å². The molecule has 0 fully saturated rings. The van der Waals surface area contributed by atoms with Crippen molar-refractivity contribution >= 4 is 11.3 Å². The molecule has 0 bridgehead atoms.